The molecule has 0 radical (unpaired) electrons. The molecule has 1 aliphatic rings. The molecule has 1 aromatic carbocycles. The Morgan fingerprint density at radius 2 is 1.85 bits per heavy atom. The fourth-order valence-corrected chi connectivity index (χ4v) is 3.31. The lowest BCUT2D eigenvalue weighted by atomic mass is 10.2. The van der Waals surface area contributed by atoms with Crippen LogP contribution in [0.3, 0.4) is 0 Å². The number of benzene rings is 1. The van der Waals surface area contributed by atoms with E-state index in [0.717, 1.165) is 24.3 Å². The monoisotopic (exact) mass is 362 g/mol. The van der Waals surface area contributed by atoms with Gasteiger partial charge in [-0.1, -0.05) is 18.2 Å². The Hall–Kier alpha value is -3.15. The number of hydrogen-bond acceptors (Lipinski definition) is 5. The highest BCUT2D eigenvalue weighted by molar-refractivity contribution is 5.79. The van der Waals surface area contributed by atoms with Crippen LogP contribution in [-0.4, -0.2) is 47.0 Å². The van der Waals surface area contributed by atoms with E-state index in [2.05, 4.69) is 14.9 Å². The zero-order valence-electron chi connectivity index (χ0n) is 15.3. The second-order valence-electron chi connectivity index (χ2n) is 6.64. The van der Waals surface area contributed by atoms with Gasteiger partial charge in [0, 0.05) is 37.9 Å². The average Bonchev–Trinajstić information content (AvgIpc) is 3.10. The molecule has 0 N–H and O–H groups in total. The molecule has 1 aliphatic heterocycles. The summed E-state index contributed by atoms with van der Waals surface area (Å²) >= 11 is 0. The van der Waals surface area contributed by atoms with Crippen LogP contribution in [0, 0.1) is 6.92 Å². The Bertz CT molecular complexity index is 900. The number of amides is 1. The van der Waals surface area contributed by atoms with Gasteiger partial charge in [0.2, 0.25) is 11.8 Å². The van der Waals surface area contributed by atoms with Crippen molar-refractivity contribution in [1.82, 2.24) is 14.9 Å². The van der Waals surface area contributed by atoms with Crippen molar-refractivity contribution < 1.29 is 9.21 Å². The third-order valence-electron chi connectivity index (χ3n) is 4.88. The van der Waals surface area contributed by atoms with E-state index in [-0.39, 0.29) is 12.3 Å². The second kappa shape index (κ2) is 7.61. The molecule has 1 fully saturated rings. The normalized spacial score (nSPS) is 14.4. The Morgan fingerprint density at radius 3 is 2.56 bits per heavy atom. The van der Waals surface area contributed by atoms with Gasteiger partial charge < -0.3 is 14.2 Å². The number of piperazine rings is 1. The molecule has 6 nitrogen and oxygen atoms in total. The maximum absolute atomic E-state index is 12.7. The molecule has 2 aromatic heterocycles. The van der Waals surface area contributed by atoms with Gasteiger partial charge in [0.05, 0.1) is 24.0 Å². The van der Waals surface area contributed by atoms with E-state index >= 15 is 0 Å². The number of nitrogens with zero attached hydrogens (tertiary/aromatic N) is 4. The van der Waals surface area contributed by atoms with E-state index in [9.17, 15) is 4.79 Å². The highest BCUT2D eigenvalue weighted by Crippen LogP contribution is 2.22. The first-order valence-electron chi connectivity index (χ1n) is 9.15. The summed E-state index contributed by atoms with van der Waals surface area (Å²) in [5.74, 6) is 1.37. The van der Waals surface area contributed by atoms with Gasteiger partial charge in [0.1, 0.15) is 5.76 Å². The first-order chi connectivity index (χ1) is 13.2. The van der Waals surface area contributed by atoms with E-state index in [1.54, 1.807) is 6.20 Å². The van der Waals surface area contributed by atoms with Gasteiger partial charge in [0.25, 0.3) is 0 Å². The molecule has 0 aliphatic carbocycles. The van der Waals surface area contributed by atoms with Crippen LogP contribution in [0.15, 0.2) is 59.3 Å². The van der Waals surface area contributed by atoms with E-state index in [1.807, 2.05) is 60.5 Å². The summed E-state index contributed by atoms with van der Waals surface area (Å²) in [4.78, 5) is 25.6. The highest BCUT2D eigenvalue weighted by atomic mass is 16.4. The molecule has 0 atom stereocenters. The highest BCUT2D eigenvalue weighted by Gasteiger charge is 2.23. The average molecular weight is 362 g/mol. The summed E-state index contributed by atoms with van der Waals surface area (Å²) in [6.45, 7) is 4.89. The van der Waals surface area contributed by atoms with E-state index < -0.39 is 0 Å². The SMILES string of the molecule is Cc1oc(-c2ccccc2)nc1CC(=O)N1CCN(c2cccnc2)CC1. The Morgan fingerprint density at radius 1 is 1.07 bits per heavy atom. The standard InChI is InChI=1S/C21H22N4O2/c1-16-19(23-21(27-16)17-6-3-2-4-7-17)14-20(26)25-12-10-24(11-13-25)18-8-5-9-22-15-18/h2-9,15H,10-14H2,1H3. The van der Waals surface area contributed by atoms with Crippen molar-refractivity contribution in [2.24, 2.45) is 0 Å². The number of aryl methyl sites for hydroxylation is 1. The largest absolute Gasteiger partial charge is 0.441 e. The van der Waals surface area contributed by atoms with E-state index in [0.29, 0.717) is 30.4 Å². The van der Waals surface area contributed by atoms with Crippen molar-refractivity contribution >= 4 is 11.6 Å². The van der Waals surface area contributed by atoms with Crippen molar-refractivity contribution in [2.75, 3.05) is 31.1 Å². The Labute approximate surface area is 158 Å². The third-order valence-corrected chi connectivity index (χ3v) is 4.88. The van der Waals surface area contributed by atoms with Gasteiger partial charge in [-0.25, -0.2) is 4.98 Å². The minimum Gasteiger partial charge on any atom is -0.441 e. The van der Waals surface area contributed by atoms with Crippen LogP contribution in [0.25, 0.3) is 11.5 Å². The second-order valence-corrected chi connectivity index (χ2v) is 6.64. The van der Waals surface area contributed by atoms with Crippen molar-refractivity contribution in [3.05, 3.63) is 66.3 Å². The van der Waals surface area contributed by atoms with Gasteiger partial charge in [-0.2, -0.15) is 0 Å². The zero-order valence-corrected chi connectivity index (χ0v) is 15.3. The van der Waals surface area contributed by atoms with Crippen LogP contribution in [0.1, 0.15) is 11.5 Å². The van der Waals surface area contributed by atoms with Crippen molar-refractivity contribution in [3.8, 4) is 11.5 Å². The van der Waals surface area contributed by atoms with Gasteiger partial charge in [-0.3, -0.25) is 9.78 Å². The first-order valence-corrected chi connectivity index (χ1v) is 9.15. The van der Waals surface area contributed by atoms with Gasteiger partial charge in [-0.15, -0.1) is 0 Å². The van der Waals surface area contributed by atoms with E-state index in [1.165, 1.54) is 0 Å². The number of oxazole rings is 1. The predicted octanol–water partition coefficient (Wildman–Crippen LogP) is 2.94. The summed E-state index contributed by atoms with van der Waals surface area (Å²) in [6, 6.07) is 13.7. The molecule has 6 heteroatoms. The summed E-state index contributed by atoms with van der Waals surface area (Å²) in [7, 11) is 0. The van der Waals surface area contributed by atoms with Gasteiger partial charge >= 0.3 is 0 Å². The topological polar surface area (TPSA) is 62.5 Å². The van der Waals surface area contributed by atoms with E-state index in [4.69, 9.17) is 4.42 Å². The molecule has 138 valence electrons. The molecule has 4 rings (SSSR count). The zero-order chi connectivity index (χ0) is 18.6. The number of carbonyl (C=O) groups excluding carboxylic acids is 1. The van der Waals surface area contributed by atoms with Crippen molar-refractivity contribution in [2.45, 2.75) is 13.3 Å². The number of anilines is 1. The van der Waals surface area contributed by atoms with Crippen LogP contribution in [0.4, 0.5) is 5.69 Å². The van der Waals surface area contributed by atoms with Crippen LogP contribution in [-0.2, 0) is 11.2 Å². The minimum absolute atomic E-state index is 0.0943. The first kappa shape index (κ1) is 17.3. The number of carbonyl (C=O) groups is 1. The maximum atomic E-state index is 12.7. The smallest absolute Gasteiger partial charge is 0.228 e. The maximum Gasteiger partial charge on any atom is 0.228 e. The summed E-state index contributed by atoms with van der Waals surface area (Å²) in [5.41, 5.74) is 2.74. The van der Waals surface area contributed by atoms with Crippen LogP contribution in [0.5, 0.6) is 0 Å². The summed E-state index contributed by atoms with van der Waals surface area (Å²) in [6.07, 6.45) is 3.91. The predicted molar refractivity (Wildman–Crippen MR) is 103 cm³/mol. The molecule has 0 saturated carbocycles. The lowest BCUT2D eigenvalue weighted by molar-refractivity contribution is -0.130. The Balaban J connectivity index is 1.38. The fraction of sp³-hybridized carbons (Fsp3) is 0.286. The molecule has 0 spiro atoms. The lowest BCUT2D eigenvalue weighted by Gasteiger charge is -2.35. The molecule has 0 bridgehead atoms. The lowest BCUT2D eigenvalue weighted by Crippen LogP contribution is -2.49. The third kappa shape index (κ3) is 3.84. The summed E-state index contributed by atoms with van der Waals surface area (Å²) in [5, 5.41) is 0. The Kier molecular flexibility index (Phi) is 4.87. The number of hydrogen-bond donors (Lipinski definition) is 0. The molecule has 0 unspecified atom stereocenters. The van der Waals surface area contributed by atoms with Gasteiger partial charge in [-0.05, 0) is 31.2 Å². The molecule has 3 aromatic rings. The number of rotatable bonds is 4. The van der Waals surface area contributed by atoms with Crippen LogP contribution >= 0.6 is 0 Å². The minimum atomic E-state index is 0.0943. The molecular weight excluding hydrogens is 340 g/mol. The number of aromatic nitrogens is 2. The number of pyridine rings is 1. The molecular formula is C21H22N4O2. The summed E-state index contributed by atoms with van der Waals surface area (Å²) < 4.78 is 5.77. The molecule has 1 saturated heterocycles. The van der Waals surface area contributed by atoms with Crippen LogP contribution in [0.2, 0.25) is 0 Å². The fourth-order valence-electron chi connectivity index (χ4n) is 3.31. The molecule has 1 amide bonds. The molecule has 3 heterocycles. The van der Waals surface area contributed by atoms with Crippen molar-refractivity contribution in [3.63, 3.8) is 0 Å². The van der Waals surface area contributed by atoms with Gasteiger partial charge in [0.15, 0.2) is 0 Å². The molecule has 27 heavy (non-hydrogen) atoms. The van der Waals surface area contributed by atoms with Crippen LogP contribution < -0.4 is 4.90 Å². The quantitative estimate of drug-likeness (QED) is 0.714. The van der Waals surface area contributed by atoms with Crippen molar-refractivity contribution in [1.29, 1.82) is 0 Å².